The van der Waals surface area contributed by atoms with E-state index in [4.69, 9.17) is 0 Å². The van der Waals surface area contributed by atoms with Crippen molar-refractivity contribution in [3.63, 3.8) is 0 Å². The van der Waals surface area contributed by atoms with Crippen LogP contribution in [-0.4, -0.2) is 35.0 Å². The lowest BCUT2D eigenvalue weighted by Crippen LogP contribution is -2.09. The van der Waals surface area contributed by atoms with Gasteiger partial charge in [0.2, 0.25) is 12.8 Å². The number of amides is 2. The van der Waals surface area contributed by atoms with Gasteiger partial charge >= 0.3 is 11.9 Å². The minimum Gasteiger partial charge on any atom is -0.478 e. The van der Waals surface area contributed by atoms with Crippen LogP contribution in [-0.2, 0) is 9.59 Å². The maximum Gasteiger partial charge on any atom is 0.337 e. The summed E-state index contributed by atoms with van der Waals surface area (Å²) in [6.45, 7) is 0. The van der Waals surface area contributed by atoms with E-state index in [0.29, 0.717) is 35.6 Å². The van der Waals surface area contributed by atoms with E-state index in [-0.39, 0.29) is 22.5 Å². The largest absolute Gasteiger partial charge is 0.478 e. The van der Waals surface area contributed by atoms with Gasteiger partial charge in [-0.15, -0.1) is 0 Å². The standard InChI is InChI=1S/C22H18N4O6/c27-11-23-13-1-5-15(6-2-13)25-19-9-18(22(31)32)20(10-17(19)21(29)30)26-16-7-3-14(4-8-16)24-12-28/h1-12,25-26H,(H,23,27)(H,24,28)(H,29,30)(H,31,32). The lowest BCUT2D eigenvalue weighted by atomic mass is 10.0. The molecule has 162 valence electrons. The van der Waals surface area contributed by atoms with Crippen LogP contribution in [0.4, 0.5) is 34.1 Å². The Bertz CT molecular complexity index is 1070. The molecule has 10 heteroatoms. The first-order valence-corrected chi connectivity index (χ1v) is 9.20. The summed E-state index contributed by atoms with van der Waals surface area (Å²) >= 11 is 0. The van der Waals surface area contributed by atoms with Crippen molar-refractivity contribution in [2.45, 2.75) is 0 Å². The molecule has 0 atom stereocenters. The molecule has 3 rings (SSSR count). The van der Waals surface area contributed by atoms with Gasteiger partial charge in [0, 0.05) is 22.7 Å². The first-order chi connectivity index (χ1) is 15.4. The van der Waals surface area contributed by atoms with Gasteiger partial charge in [0.05, 0.1) is 22.5 Å². The van der Waals surface area contributed by atoms with E-state index in [1.807, 2.05) is 0 Å². The van der Waals surface area contributed by atoms with Crippen LogP contribution in [0, 0.1) is 0 Å². The zero-order valence-corrected chi connectivity index (χ0v) is 16.5. The number of benzene rings is 3. The second-order valence-electron chi connectivity index (χ2n) is 6.48. The molecule has 0 aromatic heterocycles. The fraction of sp³-hybridized carbons (Fsp3) is 0. The van der Waals surface area contributed by atoms with E-state index >= 15 is 0 Å². The third kappa shape index (κ3) is 5.19. The maximum absolute atomic E-state index is 11.8. The van der Waals surface area contributed by atoms with E-state index in [1.165, 1.54) is 12.1 Å². The molecule has 3 aromatic rings. The molecular weight excluding hydrogens is 416 g/mol. The van der Waals surface area contributed by atoms with Crippen molar-refractivity contribution >= 4 is 58.9 Å². The molecule has 0 bridgehead atoms. The van der Waals surface area contributed by atoms with Crippen LogP contribution in [0.3, 0.4) is 0 Å². The molecule has 0 spiro atoms. The van der Waals surface area contributed by atoms with Crippen LogP contribution in [0.1, 0.15) is 20.7 Å². The number of rotatable bonds is 10. The first kappa shape index (κ1) is 21.8. The Hall–Kier alpha value is -4.86. The molecule has 2 amide bonds. The van der Waals surface area contributed by atoms with Crippen LogP contribution in [0.2, 0.25) is 0 Å². The summed E-state index contributed by atoms with van der Waals surface area (Å²) in [6, 6.07) is 15.3. The quantitative estimate of drug-likeness (QED) is 0.264. The number of hydrogen-bond donors (Lipinski definition) is 6. The van der Waals surface area contributed by atoms with E-state index in [9.17, 15) is 29.4 Å². The number of carboxylic acids is 2. The summed E-state index contributed by atoms with van der Waals surface area (Å²) in [6.07, 6.45) is 1.06. The van der Waals surface area contributed by atoms with Gasteiger partial charge in [-0.3, -0.25) is 9.59 Å². The Morgan fingerprint density at radius 2 is 0.906 bits per heavy atom. The van der Waals surface area contributed by atoms with Crippen LogP contribution in [0.5, 0.6) is 0 Å². The zero-order valence-electron chi connectivity index (χ0n) is 16.5. The monoisotopic (exact) mass is 434 g/mol. The molecule has 10 nitrogen and oxygen atoms in total. The fourth-order valence-corrected chi connectivity index (χ4v) is 2.91. The van der Waals surface area contributed by atoms with Gasteiger partial charge in [0.25, 0.3) is 0 Å². The number of aromatic carboxylic acids is 2. The zero-order chi connectivity index (χ0) is 23.1. The van der Waals surface area contributed by atoms with E-state index in [1.54, 1.807) is 48.5 Å². The molecule has 32 heavy (non-hydrogen) atoms. The summed E-state index contributed by atoms with van der Waals surface area (Å²) in [5.74, 6) is -2.51. The van der Waals surface area contributed by atoms with Crippen LogP contribution in [0.25, 0.3) is 0 Å². The molecule has 0 unspecified atom stereocenters. The van der Waals surface area contributed by atoms with Crippen molar-refractivity contribution in [3.8, 4) is 0 Å². The van der Waals surface area contributed by atoms with Crippen molar-refractivity contribution < 1.29 is 29.4 Å². The second kappa shape index (κ2) is 9.76. The van der Waals surface area contributed by atoms with Crippen LogP contribution < -0.4 is 21.3 Å². The number of nitrogens with one attached hydrogen (secondary N) is 4. The maximum atomic E-state index is 11.8. The molecule has 0 aliphatic rings. The average Bonchev–Trinajstić information content (AvgIpc) is 2.77. The SMILES string of the molecule is O=CNc1ccc(Nc2cc(C(=O)O)c(Nc3ccc(NC=O)cc3)cc2C(=O)O)cc1. The number of carboxylic acid groups (broad SMARTS) is 2. The van der Waals surface area contributed by atoms with Gasteiger partial charge in [0.15, 0.2) is 0 Å². The highest BCUT2D eigenvalue weighted by atomic mass is 16.4. The Labute approximate surface area is 181 Å². The fourth-order valence-electron chi connectivity index (χ4n) is 2.91. The molecule has 0 aliphatic carbocycles. The summed E-state index contributed by atoms with van der Waals surface area (Å²) in [7, 11) is 0. The van der Waals surface area contributed by atoms with Crippen molar-refractivity contribution in [2.24, 2.45) is 0 Å². The normalized spacial score (nSPS) is 10.0. The molecule has 0 saturated heterocycles. The minimum absolute atomic E-state index is 0.0853. The Kier molecular flexibility index (Phi) is 6.66. The Morgan fingerprint density at radius 3 is 1.19 bits per heavy atom. The van der Waals surface area contributed by atoms with Gasteiger partial charge in [-0.2, -0.15) is 0 Å². The molecule has 0 heterocycles. The topological polar surface area (TPSA) is 157 Å². The van der Waals surface area contributed by atoms with E-state index in [2.05, 4.69) is 21.3 Å². The molecule has 3 aromatic carbocycles. The summed E-state index contributed by atoms with van der Waals surface area (Å²) in [5, 5.41) is 30.1. The molecular formula is C22H18N4O6. The van der Waals surface area contributed by atoms with Gasteiger partial charge in [-0.1, -0.05) is 0 Å². The predicted octanol–water partition coefficient (Wildman–Crippen LogP) is 3.71. The van der Waals surface area contributed by atoms with Crippen molar-refractivity contribution in [1.82, 2.24) is 0 Å². The van der Waals surface area contributed by atoms with Crippen molar-refractivity contribution in [3.05, 3.63) is 71.8 Å². The minimum atomic E-state index is -1.25. The Morgan fingerprint density at radius 1 is 0.594 bits per heavy atom. The predicted molar refractivity (Wildman–Crippen MR) is 119 cm³/mol. The van der Waals surface area contributed by atoms with Gasteiger partial charge in [0.1, 0.15) is 0 Å². The lowest BCUT2D eigenvalue weighted by molar-refractivity contribution is -0.106. The third-order valence-corrected chi connectivity index (χ3v) is 4.40. The van der Waals surface area contributed by atoms with Gasteiger partial charge < -0.3 is 31.5 Å². The highest BCUT2D eigenvalue weighted by molar-refractivity contribution is 6.03. The smallest absolute Gasteiger partial charge is 0.337 e. The van der Waals surface area contributed by atoms with E-state index in [0.717, 1.165) is 0 Å². The van der Waals surface area contributed by atoms with Gasteiger partial charge in [-0.05, 0) is 60.7 Å². The molecule has 0 fully saturated rings. The van der Waals surface area contributed by atoms with Crippen LogP contribution in [0.15, 0.2) is 60.7 Å². The number of carbonyl (C=O) groups is 4. The van der Waals surface area contributed by atoms with Gasteiger partial charge in [-0.25, -0.2) is 9.59 Å². The first-order valence-electron chi connectivity index (χ1n) is 9.20. The highest BCUT2D eigenvalue weighted by Crippen LogP contribution is 2.31. The number of carbonyl (C=O) groups excluding carboxylic acids is 2. The van der Waals surface area contributed by atoms with E-state index < -0.39 is 11.9 Å². The molecule has 0 aliphatic heterocycles. The van der Waals surface area contributed by atoms with Crippen molar-refractivity contribution in [2.75, 3.05) is 21.3 Å². The number of anilines is 6. The molecule has 0 radical (unpaired) electrons. The summed E-state index contributed by atoms with van der Waals surface area (Å²) in [5.41, 5.74) is 1.97. The second-order valence-corrected chi connectivity index (χ2v) is 6.48. The highest BCUT2D eigenvalue weighted by Gasteiger charge is 2.19. The molecule has 6 N–H and O–H groups in total. The molecule has 0 saturated carbocycles. The van der Waals surface area contributed by atoms with Crippen LogP contribution >= 0.6 is 0 Å². The lowest BCUT2D eigenvalue weighted by Gasteiger charge is -2.16. The summed E-state index contributed by atoms with van der Waals surface area (Å²) < 4.78 is 0. The Balaban J connectivity index is 1.95. The average molecular weight is 434 g/mol. The third-order valence-electron chi connectivity index (χ3n) is 4.40. The summed E-state index contributed by atoms with van der Waals surface area (Å²) in [4.78, 5) is 44.7. The van der Waals surface area contributed by atoms with Crippen molar-refractivity contribution in [1.29, 1.82) is 0 Å². The number of hydrogen-bond acceptors (Lipinski definition) is 6.